The highest BCUT2D eigenvalue weighted by atomic mass is 35.5. The summed E-state index contributed by atoms with van der Waals surface area (Å²) in [6.45, 7) is 2.23. The fourth-order valence-corrected chi connectivity index (χ4v) is 7.39. The highest BCUT2D eigenvalue weighted by molar-refractivity contribution is 7.72. The van der Waals surface area contributed by atoms with Crippen LogP contribution in [0.3, 0.4) is 0 Å². The largest absolute Gasteiger partial charge is 0.449 e. The summed E-state index contributed by atoms with van der Waals surface area (Å²) in [7, 11) is -8.94. The maximum atomic E-state index is 12.1. The first-order valence-corrected chi connectivity index (χ1v) is 15.2. The summed E-state index contributed by atoms with van der Waals surface area (Å²) in [5.41, 5.74) is 0.155. The number of hydrogen-bond donors (Lipinski definition) is 6. The predicted molar refractivity (Wildman–Crippen MR) is 127 cm³/mol. The molecule has 3 heterocycles. The van der Waals surface area contributed by atoms with Gasteiger partial charge in [0, 0.05) is 6.16 Å². The number of nitrogens with one attached hydrogen (secondary N) is 1. The standard InChI is InChI=1S/C18H28ClN5O10P2/c1-2-3-4-6-33-18(27)22-14-11-15(23-17(19)21-14)24(8-20-11)16-13(26)12(25)10(34-16)5-7-35(28,29)9-36(30,31)32/h8,10,12-13,16,25-26H,2-7,9H2,1H3,(H,28,29)(H2,30,31,32)(H,21,22,23,27)/t10-,12+,13?,16-/m1/s1. The lowest BCUT2D eigenvalue weighted by atomic mass is 10.1. The molecule has 0 radical (unpaired) electrons. The van der Waals surface area contributed by atoms with Crippen LogP contribution in [0.4, 0.5) is 10.6 Å². The van der Waals surface area contributed by atoms with Crippen molar-refractivity contribution in [3.63, 3.8) is 0 Å². The zero-order valence-corrected chi connectivity index (χ0v) is 21.7. The van der Waals surface area contributed by atoms with Crippen molar-refractivity contribution in [2.75, 3.05) is 24.0 Å². The summed E-state index contributed by atoms with van der Waals surface area (Å²) in [4.78, 5) is 52.0. The number of halogens is 1. The second-order valence-corrected chi connectivity index (χ2v) is 13.3. The van der Waals surface area contributed by atoms with Gasteiger partial charge in [-0.25, -0.2) is 9.78 Å². The number of anilines is 1. The van der Waals surface area contributed by atoms with Gasteiger partial charge >= 0.3 is 13.7 Å². The van der Waals surface area contributed by atoms with E-state index in [2.05, 4.69) is 20.3 Å². The molecule has 1 aliphatic heterocycles. The van der Waals surface area contributed by atoms with Gasteiger partial charge in [-0.1, -0.05) is 19.8 Å². The first kappa shape index (κ1) is 28.9. The molecule has 0 aromatic carbocycles. The smallest absolute Gasteiger partial charge is 0.412 e. The Morgan fingerprint density at radius 3 is 2.61 bits per heavy atom. The van der Waals surface area contributed by atoms with Gasteiger partial charge in [0.1, 0.15) is 18.1 Å². The van der Waals surface area contributed by atoms with Gasteiger partial charge in [-0.3, -0.25) is 19.0 Å². The molecule has 18 heteroatoms. The Morgan fingerprint density at radius 2 is 1.94 bits per heavy atom. The van der Waals surface area contributed by atoms with Crippen molar-refractivity contribution in [3.8, 4) is 0 Å². The SMILES string of the molecule is CCCCCOC(=O)Nc1nc(Cl)nc2c1ncn2[C@@H]1O[C@H](CCP(=O)(O)CP(=O)(O)O)[C@H](O)C1O. The van der Waals surface area contributed by atoms with Crippen molar-refractivity contribution in [3.05, 3.63) is 11.6 Å². The zero-order valence-electron chi connectivity index (χ0n) is 19.2. The molecule has 1 fully saturated rings. The molecule has 1 saturated heterocycles. The van der Waals surface area contributed by atoms with Gasteiger partial charge in [-0.2, -0.15) is 9.97 Å². The number of amides is 1. The van der Waals surface area contributed by atoms with Crippen LogP contribution < -0.4 is 5.32 Å². The quantitative estimate of drug-likeness (QED) is 0.128. The molecule has 3 rings (SSSR count). The lowest BCUT2D eigenvalue weighted by molar-refractivity contribution is -0.0354. The lowest BCUT2D eigenvalue weighted by Crippen LogP contribution is -2.32. The van der Waals surface area contributed by atoms with Gasteiger partial charge in [0.25, 0.3) is 0 Å². The minimum absolute atomic E-state index is 0.0486. The third-order valence-corrected chi connectivity index (χ3v) is 9.74. The molecule has 0 saturated carbocycles. The maximum absolute atomic E-state index is 12.1. The molecule has 36 heavy (non-hydrogen) atoms. The van der Waals surface area contributed by atoms with Gasteiger partial charge < -0.3 is 34.4 Å². The molecule has 0 spiro atoms. The molecule has 2 aromatic rings. The molecule has 5 atom stereocenters. The molecule has 0 bridgehead atoms. The van der Waals surface area contributed by atoms with Gasteiger partial charge in [0.05, 0.1) is 19.0 Å². The number of aliphatic hydroxyl groups is 2. The van der Waals surface area contributed by atoms with Gasteiger partial charge in [-0.15, -0.1) is 0 Å². The molecular weight excluding hydrogens is 544 g/mol. The number of fused-ring (bicyclic) bond motifs is 1. The number of nitrogens with zero attached hydrogens (tertiary/aromatic N) is 4. The van der Waals surface area contributed by atoms with E-state index >= 15 is 0 Å². The lowest BCUT2D eigenvalue weighted by Gasteiger charge is -2.18. The fourth-order valence-electron chi connectivity index (χ4n) is 3.70. The highest BCUT2D eigenvalue weighted by Crippen LogP contribution is 2.55. The molecular formula is C18H28ClN5O10P2. The van der Waals surface area contributed by atoms with E-state index in [0.29, 0.717) is 6.42 Å². The third kappa shape index (κ3) is 7.44. The van der Waals surface area contributed by atoms with E-state index in [1.54, 1.807) is 0 Å². The van der Waals surface area contributed by atoms with Crippen molar-refractivity contribution in [1.29, 1.82) is 0 Å². The predicted octanol–water partition coefficient (Wildman–Crippen LogP) is 1.63. The molecule has 2 unspecified atom stereocenters. The minimum Gasteiger partial charge on any atom is -0.449 e. The number of hydrogen-bond acceptors (Lipinski definition) is 10. The molecule has 1 aliphatic rings. The zero-order chi connectivity index (χ0) is 26.7. The second kappa shape index (κ2) is 11.8. The summed E-state index contributed by atoms with van der Waals surface area (Å²) < 4.78 is 35.2. The summed E-state index contributed by atoms with van der Waals surface area (Å²) in [5, 5.41) is 23.2. The Morgan fingerprint density at radius 1 is 1.22 bits per heavy atom. The van der Waals surface area contributed by atoms with E-state index < -0.39 is 57.7 Å². The van der Waals surface area contributed by atoms with Crippen LogP contribution in [0.2, 0.25) is 5.28 Å². The first-order valence-electron chi connectivity index (χ1n) is 11.0. The summed E-state index contributed by atoms with van der Waals surface area (Å²) in [6.07, 6.45) is -3.18. The minimum atomic E-state index is -4.73. The average molecular weight is 572 g/mol. The summed E-state index contributed by atoms with van der Waals surface area (Å²) in [5.74, 6) is -1.25. The summed E-state index contributed by atoms with van der Waals surface area (Å²) >= 11 is 6.00. The molecule has 15 nitrogen and oxygen atoms in total. The second-order valence-electron chi connectivity index (χ2n) is 8.34. The third-order valence-electron chi connectivity index (χ3n) is 5.38. The van der Waals surface area contributed by atoms with Crippen LogP contribution in [0.5, 0.6) is 0 Å². The fraction of sp³-hybridized carbons (Fsp3) is 0.667. The van der Waals surface area contributed by atoms with Crippen LogP contribution in [-0.4, -0.2) is 87.5 Å². The van der Waals surface area contributed by atoms with Crippen molar-refractivity contribution in [2.45, 2.75) is 57.1 Å². The van der Waals surface area contributed by atoms with Gasteiger partial charge in [-0.05, 0) is 24.4 Å². The number of carbonyl (C=O) groups excluding carboxylic acids is 1. The van der Waals surface area contributed by atoms with Crippen LogP contribution >= 0.6 is 26.6 Å². The number of aromatic nitrogens is 4. The Balaban J connectivity index is 1.75. The van der Waals surface area contributed by atoms with Crippen LogP contribution in [0.1, 0.15) is 38.8 Å². The van der Waals surface area contributed by atoms with Gasteiger partial charge in [0.2, 0.25) is 12.7 Å². The van der Waals surface area contributed by atoms with Crippen molar-refractivity contribution in [1.82, 2.24) is 19.5 Å². The Hall–Kier alpha value is -1.67. The topological polar surface area (TPSA) is 226 Å². The van der Waals surface area contributed by atoms with E-state index in [1.807, 2.05) is 6.92 Å². The van der Waals surface area contributed by atoms with E-state index in [4.69, 9.17) is 30.9 Å². The summed E-state index contributed by atoms with van der Waals surface area (Å²) in [6, 6.07) is 0. The van der Waals surface area contributed by atoms with E-state index in [1.165, 1.54) is 10.9 Å². The monoisotopic (exact) mass is 571 g/mol. The van der Waals surface area contributed by atoms with Crippen molar-refractivity contribution < 1.29 is 48.3 Å². The van der Waals surface area contributed by atoms with E-state index in [0.717, 1.165) is 12.8 Å². The molecule has 202 valence electrons. The van der Waals surface area contributed by atoms with Crippen LogP contribution in [0, 0.1) is 0 Å². The average Bonchev–Trinajstić information content (AvgIpc) is 3.29. The number of aliphatic hydroxyl groups excluding tert-OH is 2. The van der Waals surface area contributed by atoms with Crippen molar-refractivity contribution >= 4 is 49.6 Å². The number of carbonyl (C=O) groups is 1. The maximum Gasteiger partial charge on any atom is 0.412 e. The molecule has 1 amide bonds. The van der Waals surface area contributed by atoms with Crippen LogP contribution in [0.15, 0.2) is 6.33 Å². The Kier molecular flexibility index (Phi) is 9.47. The van der Waals surface area contributed by atoms with Crippen LogP contribution in [-0.2, 0) is 18.6 Å². The number of unbranched alkanes of at least 4 members (excludes halogenated alkanes) is 2. The van der Waals surface area contributed by atoms with E-state index in [9.17, 15) is 29.0 Å². The van der Waals surface area contributed by atoms with Crippen LogP contribution in [0.25, 0.3) is 11.2 Å². The van der Waals surface area contributed by atoms with Gasteiger partial charge in [0.15, 0.2) is 23.2 Å². The molecule has 0 aliphatic carbocycles. The molecule has 6 N–H and O–H groups in total. The Labute approximate surface area is 210 Å². The van der Waals surface area contributed by atoms with E-state index in [-0.39, 0.29) is 35.3 Å². The number of ether oxygens (including phenoxy) is 2. The number of imidazole rings is 1. The Bertz CT molecular complexity index is 1180. The van der Waals surface area contributed by atoms with Crippen molar-refractivity contribution in [2.24, 2.45) is 0 Å². The number of rotatable bonds is 11. The highest BCUT2D eigenvalue weighted by Gasteiger charge is 2.45. The first-order chi connectivity index (χ1) is 16.8. The normalized spacial score (nSPS) is 24.1. The molecule has 2 aromatic heterocycles.